The van der Waals surface area contributed by atoms with E-state index in [2.05, 4.69) is 6.07 Å². The summed E-state index contributed by atoms with van der Waals surface area (Å²) in [6.45, 7) is 1.63. The first-order valence-electron chi connectivity index (χ1n) is 2.54. The summed E-state index contributed by atoms with van der Waals surface area (Å²) < 4.78 is 12.4. The van der Waals surface area contributed by atoms with Gasteiger partial charge in [-0.15, -0.1) is 0 Å². The van der Waals surface area contributed by atoms with E-state index in [1.54, 1.807) is 6.92 Å². The van der Waals surface area contributed by atoms with Gasteiger partial charge in [-0.1, -0.05) is 11.6 Å². The van der Waals surface area contributed by atoms with Crippen molar-refractivity contribution in [2.75, 3.05) is 0 Å². The van der Waals surface area contributed by atoms with Crippen molar-refractivity contribution in [3.05, 3.63) is 34.6 Å². The highest BCUT2D eigenvalue weighted by Gasteiger charge is 1.95. The van der Waals surface area contributed by atoms with Gasteiger partial charge in [-0.2, -0.15) is 0 Å². The summed E-state index contributed by atoms with van der Waals surface area (Å²) in [5.74, 6) is -0.264. The predicted octanol–water partition coefficient (Wildman–Crippen LogP) is 2.59. The molecule has 0 amide bonds. The van der Waals surface area contributed by atoms with E-state index in [-0.39, 0.29) is 5.82 Å². The van der Waals surface area contributed by atoms with Crippen LogP contribution in [0.3, 0.4) is 0 Å². The van der Waals surface area contributed by atoms with Gasteiger partial charge in [0.15, 0.2) is 0 Å². The van der Waals surface area contributed by atoms with Crippen LogP contribution in [0.5, 0.6) is 0 Å². The highest BCUT2D eigenvalue weighted by atomic mass is 35.5. The Hall–Kier alpha value is -0.560. The van der Waals surface area contributed by atoms with Gasteiger partial charge in [0.05, 0.1) is 0 Å². The molecule has 0 aliphatic carbocycles. The van der Waals surface area contributed by atoms with Crippen LogP contribution in [0.2, 0.25) is 5.02 Å². The Morgan fingerprint density at radius 3 is 2.67 bits per heavy atom. The molecule has 0 unspecified atom stereocenters. The summed E-state index contributed by atoms with van der Waals surface area (Å²) in [6, 6.07) is 5.43. The average Bonchev–Trinajstić information content (AvgIpc) is 1.80. The Morgan fingerprint density at radius 1 is 1.56 bits per heavy atom. The van der Waals surface area contributed by atoms with E-state index >= 15 is 0 Å². The Balaban J connectivity index is 3.17. The molecule has 0 atom stereocenters. The summed E-state index contributed by atoms with van der Waals surface area (Å²) in [5, 5.41) is 0.453. The van der Waals surface area contributed by atoms with Gasteiger partial charge in [-0.3, -0.25) is 0 Å². The molecular formula is C7H5ClF. The molecule has 0 heterocycles. The minimum absolute atomic E-state index is 0.264. The Bertz CT molecular complexity index is 220. The van der Waals surface area contributed by atoms with E-state index < -0.39 is 0 Å². The highest BCUT2D eigenvalue weighted by Crippen LogP contribution is 2.11. The second-order valence-electron chi connectivity index (χ2n) is 1.78. The molecule has 1 rings (SSSR count). The molecule has 0 nitrogen and oxygen atoms in total. The molecule has 2 heteroatoms. The number of halogens is 2. The number of hydrogen-bond acceptors (Lipinski definition) is 0. The van der Waals surface area contributed by atoms with Crippen LogP contribution in [-0.4, -0.2) is 0 Å². The van der Waals surface area contributed by atoms with Crippen molar-refractivity contribution in [2.45, 2.75) is 6.92 Å². The summed E-state index contributed by atoms with van der Waals surface area (Å²) >= 11 is 5.49. The van der Waals surface area contributed by atoms with E-state index in [1.807, 2.05) is 0 Å². The van der Waals surface area contributed by atoms with Crippen molar-refractivity contribution in [1.82, 2.24) is 0 Å². The Labute approximate surface area is 58.3 Å². The first-order valence-corrected chi connectivity index (χ1v) is 2.92. The van der Waals surface area contributed by atoms with Crippen molar-refractivity contribution in [3.63, 3.8) is 0 Å². The van der Waals surface area contributed by atoms with Gasteiger partial charge >= 0.3 is 0 Å². The van der Waals surface area contributed by atoms with Crippen molar-refractivity contribution >= 4 is 11.6 Å². The fourth-order valence-electron chi connectivity index (χ4n) is 0.552. The van der Waals surface area contributed by atoms with Crippen molar-refractivity contribution in [3.8, 4) is 0 Å². The van der Waals surface area contributed by atoms with E-state index in [0.29, 0.717) is 10.6 Å². The summed E-state index contributed by atoms with van der Waals surface area (Å²) in [4.78, 5) is 0. The average molecular weight is 144 g/mol. The monoisotopic (exact) mass is 143 g/mol. The maximum absolute atomic E-state index is 12.4. The molecule has 0 fully saturated rings. The number of hydrogen-bond donors (Lipinski definition) is 0. The fourth-order valence-corrected chi connectivity index (χ4v) is 0.757. The quantitative estimate of drug-likeness (QED) is 0.524. The lowest BCUT2D eigenvalue weighted by molar-refractivity contribution is 0.618. The maximum Gasteiger partial charge on any atom is 0.126 e. The van der Waals surface area contributed by atoms with E-state index in [9.17, 15) is 4.39 Å². The second-order valence-corrected chi connectivity index (χ2v) is 2.19. The molecular weight excluding hydrogens is 139 g/mol. The maximum atomic E-state index is 12.4. The first-order chi connectivity index (χ1) is 4.20. The standard InChI is InChI=1S/C7H5ClF/c1-5-4-6(8)2-3-7(5)9/h2-3H,1H3. The minimum atomic E-state index is -0.264. The zero-order valence-corrected chi connectivity index (χ0v) is 5.67. The fraction of sp³-hybridized carbons (Fsp3) is 0.143. The zero-order valence-electron chi connectivity index (χ0n) is 4.91. The Morgan fingerprint density at radius 2 is 2.22 bits per heavy atom. The van der Waals surface area contributed by atoms with Crippen molar-refractivity contribution < 1.29 is 4.39 Å². The first kappa shape index (κ1) is 6.56. The highest BCUT2D eigenvalue weighted by molar-refractivity contribution is 6.30. The molecule has 0 spiro atoms. The molecule has 1 radical (unpaired) electrons. The number of aryl methyl sites for hydroxylation is 1. The SMILES string of the molecule is Cc1[c]c(Cl)ccc1F. The van der Waals surface area contributed by atoms with E-state index in [4.69, 9.17) is 11.6 Å². The molecule has 47 valence electrons. The molecule has 0 bridgehead atoms. The van der Waals surface area contributed by atoms with Gasteiger partial charge in [0.25, 0.3) is 0 Å². The van der Waals surface area contributed by atoms with Crippen LogP contribution < -0.4 is 0 Å². The van der Waals surface area contributed by atoms with Gasteiger partial charge in [0.1, 0.15) is 5.82 Å². The van der Waals surface area contributed by atoms with E-state index in [0.717, 1.165) is 0 Å². The summed E-state index contributed by atoms with van der Waals surface area (Å²) in [6.07, 6.45) is 0. The largest absolute Gasteiger partial charge is 0.207 e. The van der Waals surface area contributed by atoms with Gasteiger partial charge in [-0.05, 0) is 24.6 Å². The molecule has 0 saturated carbocycles. The van der Waals surface area contributed by atoms with Crippen LogP contribution in [0.25, 0.3) is 0 Å². The van der Waals surface area contributed by atoms with Crippen molar-refractivity contribution in [1.29, 1.82) is 0 Å². The third kappa shape index (κ3) is 1.42. The predicted molar refractivity (Wildman–Crippen MR) is 35.0 cm³/mol. The molecule has 0 saturated heterocycles. The van der Waals surface area contributed by atoms with Crippen LogP contribution in [0.4, 0.5) is 4.39 Å². The number of benzene rings is 1. The third-order valence-corrected chi connectivity index (χ3v) is 1.26. The van der Waals surface area contributed by atoms with Gasteiger partial charge in [-0.25, -0.2) is 4.39 Å². The van der Waals surface area contributed by atoms with Crippen LogP contribution in [0.1, 0.15) is 5.56 Å². The van der Waals surface area contributed by atoms with Crippen LogP contribution in [-0.2, 0) is 0 Å². The molecule has 1 aromatic rings. The van der Waals surface area contributed by atoms with Gasteiger partial charge in [0.2, 0.25) is 0 Å². The topological polar surface area (TPSA) is 0 Å². The lowest BCUT2D eigenvalue weighted by Crippen LogP contribution is -1.79. The third-order valence-electron chi connectivity index (χ3n) is 1.04. The smallest absolute Gasteiger partial charge is 0.126 e. The number of rotatable bonds is 0. The molecule has 1 aromatic carbocycles. The van der Waals surface area contributed by atoms with Crippen LogP contribution >= 0.6 is 11.6 Å². The van der Waals surface area contributed by atoms with Gasteiger partial charge in [0, 0.05) is 11.1 Å². The molecule has 0 aromatic heterocycles. The molecule has 0 N–H and O–H groups in total. The molecule has 0 aliphatic rings. The van der Waals surface area contributed by atoms with Crippen LogP contribution in [0.15, 0.2) is 12.1 Å². The van der Waals surface area contributed by atoms with Crippen molar-refractivity contribution in [2.24, 2.45) is 0 Å². The lowest BCUT2D eigenvalue weighted by Gasteiger charge is -1.92. The summed E-state index contributed by atoms with van der Waals surface area (Å²) in [5.41, 5.74) is 0.461. The van der Waals surface area contributed by atoms with E-state index in [1.165, 1.54) is 12.1 Å². The normalized spacial score (nSPS) is 9.67. The van der Waals surface area contributed by atoms with Gasteiger partial charge < -0.3 is 0 Å². The lowest BCUT2D eigenvalue weighted by atomic mass is 10.2. The molecule has 9 heavy (non-hydrogen) atoms. The second kappa shape index (κ2) is 2.36. The van der Waals surface area contributed by atoms with Crippen LogP contribution in [0, 0.1) is 18.8 Å². The molecule has 0 aliphatic heterocycles. The summed E-state index contributed by atoms with van der Waals surface area (Å²) in [7, 11) is 0. The zero-order chi connectivity index (χ0) is 6.85. The minimum Gasteiger partial charge on any atom is -0.207 e. The Kier molecular flexibility index (Phi) is 1.72.